The molecule has 3 heterocycles. The molecule has 28 heteroatoms. The van der Waals surface area contributed by atoms with Gasteiger partial charge in [-0.25, -0.2) is 15.0 Å². The molecule has 0 aliphatic carbocycles. The lowest BCUT2D eigenvalue weighted by Crippen LogP contribution is -2.53. The van der Waals surface area contributed by atoms with E-state index in [0.29, 0.717) is 127 Å². The number of hydrogen-bond donors (Lipinski definition) is 9. The molecular formula is C69H109N19O9. The topological polar surface area (TPSA) is 401 Å². The van der Waals surface area contributed by atoms with E-state index >= 15 is 4.79 Å². The fraction of sp³-hybridized carbons (Fsp3) is 0.594. The Balaban J connectivity index is 1.29. The number of rotatable bonds is 48. The number of fused-ring (bicyclic) bond motifs is 2. The van der Waals surface area contributed by atoms with Crippen molar-refractivity contribution >= 4 is 81.0 Å². The molecular weight excluding hydrogens is 1240 g/mol. The largest absolute Gasteiger partial charge is 0.368 e. The predicted molar refractivity (Wildman–Crippen MR) is 375 cm³/mol. The van der Waals surface area contributed by atoms with Gasteiger partial charge >= 0.3 is 0 Å². The molecule has 28 nitrogen and oxygen atoms in total. The Kier molecular flexibility index (Phi) is 34.9. The summed E-state index contributed by atoms with van der Waals surface area (Å²) in [5.74, 6) is -3.97. The Morgan fingerprint density at radius 1 is 0.526 bits per heavy atom. The highest BCUT2D eigenvalue weighted by molar-refractivity contribution is 5.94. The van der Waals surface area contributed by atoms with Gasteiger partial charge < -0.3 is 83.6 Å². The molecule has 0 saturated heterocycles. The normalized spacial score (nSPS) is 11.9. The molecule has 0 unspecified atom stereocenters. The van der Waals surface area contributed by atoms with Crippen molar-refractivity contribution in [1.29, 1.82) is 0 Å². The first-order valence-corrected chi connectivity index (χ1v) is 34.5. The van der Waals surface area contributed by atoms with E-state index in [4.69, 9.17) is 28.7 Å². The van der Waals surface area contributed by atoms with Crippen LogP contribution in [0.25, 0.3) is 22.1 Å². The minimum absolute atomic E-state index is 0.0585. The number of nitrogens with two attached hydrogens (primary N) is 5. The number of benzene rings is 2. The first-order valence-electron chi connectivity index (χ1n) is 34.5. The molecule has 0 saturated carbocycles. The summed E-state index contributed by atoms with van der Waals surface area (Å²) < 4.78 is 0. The lowest BCUT2D eigenvalue weighted by molar-refractivity contribution is -0.149. The fourth-order valence-electron chi connectivity index (χ4n) is 11.4. The smallest absolute Gasteiger partial charge is 0.243 e. The summed E-state index contributed by atoms with van der Waals surface area (Å²) in [7, 11) is 0. The first-order chi connectivity index (χ1) is 46.6. The molecule has 5 aromatic rings. The highest BCUT2D eigenvalue weighted by Gasteiger charge is 2.33. The van der Waals surface area contributed by atoms with Crippen LogP contribution in [-0.2, 0) is 49.6 Å². The number of carbonyl (C=O) groups excluding carboxylic acids is 9. The van der Waals surface area contributed by atoms with Gasteiger partial charge in [0, 0.05) is 75.9 Å². The highest BCUT2D eigenvalue weighted by atomic mass is 16.2. The number of unbranched alkanes of at least 4 members (excludes halogenated alkanes) is 6. The van der Waals surface area contributed by atoms with Crippen molar-refractivity contribution in [3.8, 4) is 0 Å². The molecule has 5 rings (SSSR count). The van der Waals surface area contributed by atoms with Crippen molar-refractivity contribution < 1.29 is 43.2 Å². The molecule has 534 valence electrons. The fourth-order valence-corrected chi connectivity index (χ4v) is 11.4. The molecule has 0 aliphatic heterocycles. The summed E-state index contributed by atoms with van der Waals surface area (Å²) >= 11 is 0. The summed E-state index contributed by atoms with van der Waals surface area (Å²) in [6.07, 6.45) is 12.6. The Hall–Kier alpha value is -8.60. The molecule has 2 aromatic carbocycles. The number of primary amides is 1. The van der Waals surface area contributed by atoms with Crippen molar-refractivity contribution in [3.63, 3.8) is 0 Å². The van der Waals surface area contributed by atoms with E-state index in [-0.39, 0.29) is 76.6 Å². The van der Waals surface area contributed by atoms with Gasteiger partial charge in [0.25, 0.3) is 0 Å². The predicted octanol–water partition coefficient (Wildman–Crippen LogP) is 3.24. The van der Waals surface area contributed by atoms with E-state index in [9.17, 15) is 38.4 Å². The van der Waals surface area contributed by atoms with E-state index in [2.05, 4.69) is 35.6 Å². The average molecular weight is 1350 g/mol. The minimum atomic E-state index is -0.953. The van der Waals surface area contributed by atoms with Crippen LogP contribution in [0.5, 0.6) is 0 Å². The number of carbonyl (C=O) groups is 9. The van der Waals surface area contributed by atoms with Gasteiger partial charge in [-0.2, -0.15) is 0 Å². The molecule has 14 N–H and O–H groups in total. The third-order valence-electron chi connectivity index (χ3n) is 16.7. The van der Waals surface area contributed by atoms with Gasteiger partial charge in [-0.3, -0.25) is 43.2 Å². The number of hydrogen-bond acceptors (Lipinski definition) is 17. The van der Waals surface area contributed by atoms with Gasteiger partial charge in [0.15, 0.2) is 11.5 Å². The maximum atomic E-state index is 15.0. The first kappa shape index (κ1) is 79.1. The zero-order valence-corrected chi connectivity index (χ0v) is 57.9. The van der Waals surface area contributed by atoms with Crippen LogP contribution >= 0.6 is 0 Å². The number of aromatic amines is 2. The van der Waals surface area contributed by atoms with Crippen LogP contribution in [0.15, 0.2) is 73.4 Å². The Bertz CT molecular complexity index is 3250. The minimum Gasteiger partial charge on any atom is -0.368 e. The highest BCUT2D eigenvalue weighted by Crippen LogP contribution is 2.23. The van der Waals surface area contributed by atoms with Gasteiger partial charge in [-0.15, -0.1) is 0 Å². The van der Waals surface area contributed by atoms with Crippen LogP contribution in [0.4, 0.5) is 5.82 Å². The lowest BCUT2D eigenvalue weighted by atomic mass is 10.1. The number of amides is 9. The van der Waals surface area contributed by atoms with Crippen molar-refractivity contribution in [1.82, 2.24) is 64.5 Å². The van der Waals surface area contributed by atoms with Gasteiger partial charge in [0.2, 0.25) is 53.2 Å². The number of para-hydroxylation sites is 1. The SMILES string of the molecule is CC(C)CN(CC(=O)N(CC(=O)N(CC(=O)N(CCCCN)CC(=O)N(CCCCN)CC(N)=O)[C@@H](C)c1ccccc1)CC(C)C)C(=O)CN(CCc1c[nH]c2ccccc12)C(=O)CN(CCCCN)C(=O)[C@@H](N)CCCCNC(=O)CCCCCNc1ncnc2nc[nH]c12. The summed E-state index contributed by atoms with van der Waals surface area (Å²) in [6.45, 7) is 9.47. The zero-order chi connectivity index (χ0) is 70.7. The molecule has 9 amide bonds. The standard InChI is InChI=1S/C69H109N19O9/c1-50(2)39-86(45-63(94)87(40-51(3)4)46-65(96)88(52(5)53-22-8-6-9-23-53)47-64(95)83(35-20-15-30-71)42-60(91)82(41-58(74)89)34-19-14-29-70)62(93)43-84(37-28-54-38-77-57-26-12-11-24-55(54)57)61(92)44-85(36-21-16-31-72)69(97)56(73)25-13-18-32-75-59(90)27-10-7-17-33-76-67-66-68(79-48-78-66)81-49-80-67/h6,8-9,11-12,22-24,26,38,48-52,56,77H,7,10,13-21,25,27-37,39-47,70-73H2,1-5H3,(H2,74,89)(H,75,90)(H2,76,78,79,80,81)/t52-,56-/m0/s1. The van der Waals surface area contributed by atoms with Crippen LogP contribution in [0, 0.1) is 11.8 Å². The van der Waals surface area contributed by atoms with Crippen LogP contribution in [0.3, 0.4) is 0 Å². The van der Waals surface area contributed by atoms with E-state index in [1.807, 2.05) is 88.5 Å². The second-order valence-corrected chi connectivity index (χ2v) is 25.7. The Morgan fingerprint density at radius 3 is 1.68 bits per heavy atom. The summed E-state index contributed by atoms with van der Waals surface area (Å²) in [5.41, 5.74) is 33.4. The molecule has 0 spiro atoms. The molecule has 0 aliphatic rings. The van der Waals surface area contributed by atoms with E-state index < -0.39 is 85.5 Å². The van der Waals surface area contributed by atoms with Gasteiger partial charge in [-0.05, 0) is 133 Å². The molecule has 2 atom stereocenters. The Morgan fingerprint density at radius 2 is 1.06 bits per heavy atom. The number of imidazole rings is 1. The molecule has 0 bridgehead atoms. The monoisotopic (exact) mass is 1350 g/mol. The lowest BCUT2D eigenvalue weighted by Gasteiger charge is -2.35. The van der Waals surface area contributed by atoms with Gasteiger partial charge in [0.1, 0.15) is 18.4 Å². The molecule has 97 heavy (non-hydrogen) atoms. The van der Waals surface area contributed by atoms with Crippen molar-refractivity contribution in [2.45, 2.75) is 137 Å². The van der Waals surface area contributed by atoms with Crippen LogP contribution < -0.4 is 39.3 Å². The molecule has 0 radical (unpaired) electrons. The number of H-pyrrole nitrogens is 2. The van der Waals surface area contributed by atoms with Gasteiger partial charge in [-0.1, -0.05) is 82.6 Å². The van der Waals surface area contributed by atoms with E-state index in [1.54, 1.807) is 13.3 Å². The third kappa shape index (κ3) is 27.4. The zero-order valence-electron chi connectivity index (χ0n) is 57.9. The third-order valence-corrected chi connectivity index (χ3v) is 16.7. The van der Waals surface area contributed by atoms with E-state index in [1.165, 1.54) is 40.6 Å². The van der Waals surface area contributed by atoms with Crippen LogP contribution in [-0.4, -0.2) is 236 Å². The number of nitrogens with zero attached hydrogens (tertiary/aromatic N) is 10. The second kappa shape index (κ2) is 42.8. The average Bonchev–Trinajstić information content (AvgIpc) is 1.84. The maximum absolute atomic E-state index is 15.0. The van der Waals surface area contributed by atoms with Crippen LogP contribution in [0.1, 0.15) is 135 Å². The molecule has 0 fully saturated rings. The number of aromatic nitrogens is 5. The maximum Gasteiger partial charge on any atom is 0.243 e. The van der Waals surface area contributed by atoms with Crippen LogP contribution in [0.2, 0.25) is 0 Å². The summed E-state index contributed by atoms with van der Waals surface area (Å²) in [4.78, 5) is 156. The van der Waals surface area contributed by atoms with Gasteiger partial charge in [0.05, 0.1) is 57.7 Å². The quantitative estimate of drug-likeness (QED) is 0.0252. The summed E-state index contributed by atoms with van der Waals surface area (Å²) in [5, 5.41) is 7.21. The summed E-state index contributed by atoms with van der Waals surface area (Å²) in [6, 6.07) is 15.2. The second-order valence-electron chi connectivity index (χ2n) is 25.7. The number of anilines is 1. The van der Waals surface area contributed by atoms with Crippen molar-refractivity contribution in [2.75, 3.05) is 123 Å². The van der Waals surface area contributed by atoms with Crippen molar-refractivity contribution in [3.05, 3.63) is 84.6 Å². The van der Waals surface area contributed by atoms with Crippen molar-refractivity contribution in [2.24, 2.45) is 40.5 Å². The number of nitrogens with one attached hydrogen (secondary N) is 4. The van der Waals surface area contributed by atoms with E-state index in [0.717, 1.165) is 34.8 Å². The Labute approximate surface area is 571 Å². The molecule has 3 aromatic heterocycles.